The lowest BCUT2D eigenvalue weighted by Crippen LogP contribution is -2.22. The van der Waals surface area contributed by atoms with Crippen LogP contribution in [0.2, 0.25) is 0 Å². The molecule has 0 unspecified atom stereocenters. The van der Waals surface area contributed by atoms with Gasteiger partial charge in [-0.1, -0.05) is 55.8 Å². The molecule has 27 heavy (non-hydrogen) atoms. The van der Waals surface area contributed by atoms with Gasteiger partial charge < -0.3 is 5.32 Å². The van der Waals surface area contributed by atoms with Crippen LogP contribution in [0.15, 0.2) is 35.6 Å². The summed E-state index contributed by atoms with van der Waals surface area (Å²) in [6.45, 7) is 4.00. The third-order valence-electron chi connectivity index (χ3n) is 4.42. The van der Waals surface area contributed by atoms with Gasteiger partial charge in [-0.15, -0.1) is 5.10 Å². The number of carbonyl (C=O) groups excluding carboxylic acids is 1. The molecule has 3 aromatic rings. The number of carbonyl (C=O) groups is 1. The minimum Gasteiger partial charge on any atom is -0.367 e. The molecule has 4 rings (SSSR count). The molecule has 1 aliphatic rings. The number of benzene rings is 1. The fraction of sp³-hybridized carbons (Fsp3) is 0.421. The van der Waals surface area contributed by atoms with E-state index in [1.54, 1.807) is 6.20 Å². The van der Waals surface area contributed by atoms with E-state index in [2.05, 4.69) is 25.6 Å². The average molecular weight is 385 g/mol. The summed E-state index contributed by atoms with van der Waals surface area (Å²) >= 11 is 1.45. The fourth-order valence-electron chi connectivity index (χ4n) is 3.13. The predicted molar refractivity (Wildman–Crippen MR) is 108 cm³/mol. The summed E-state index contributed by atoms with van der Waals surface area (Å²) in [4.78, 5) is 21.8. The Labute approximate surface area is 163 Å². The molecule has 7 nitrogen and oxygen atoms in total. The minimum atomic E-state index is -0.276. The standard InChI is InChI=1S/C17H18N6OS.C2H6/c1-25-17-18-10-12(15(20-17)19-11-6-2-3-7-11)16(24)23-14-9-5-4-8-13(14)21-22-23;1-2/h4-5,8-11H,2-3,6-7H2,1H3,(H,18,19,20);1-2H3. The van der Waals surface area contributed by atoms with Crippen molar-refractivity contribution >= 4 is 34.5 Å². The van der Waals surface area contributed by atoms with E-state index >= 15 is 0 Å². The van der Waals surface area contributed by atoms with Gasteiger partial charge in [-0.25, -0.2) is 9.97 Å². The Bertz CT molecular complexity index is 919. The zero-order valence-corrected chi connectivity index (χ0v) is 16.7. The molecule has 2 aromatic heterocycles. The maximum absolute atomic E-state index is 13.0. The number of hydrogen-bond acceptors (Lipinski definition) is 7. The van der Waals surface area contributed by atoms with Crippen LogP contribution in [0, 0.1) is 0 Å². The molecule has 0 saturated heterocycles. The monoisotopic (exact) mass is 384 g/mol. The summed E-state index contributed by atoms with van der Waals surface area (Å²) in [6, 6.07) is 7.74. The molecular formula is C19H24N6OS. The van der Waals surface area contributed by atoms with Crippen LogP contribution >= 0.6 is 11.8 Å². The van der Waals surface area contributed by atoms with Crippen molar-refractivity contribution in [2.45, 2.75) is 50.7 Å². The third kappa shape index (κ3) is 4.10. The van der Waals surface area contributed by atoms with Gasteiger partial charge in [-0.05, 0) is 31.2 Å². The van der Waals surface area contributed by atoms with Crippen molar-refractivity contribution in [1.29, 1.82) is 0 Å². The highest BCUT2D eigenvalue weighted by molar-refractivity contribution is 7.98. The summed E-state index contributed by atoms with van der Waals surface area (Å²) in [7, 11) is 0. The molecule has 0 atom stereocenters. The summed E-state index contributed by atoms with van der Waals surface area (Å²) in [5.41, 5.74) is 1.77. The molecule has 0 radical (unpaired) electrons. The van der Waals surface area contributed by atoms with Crippen molar-refractivity contribution in [3.05, 3.63) is 36.0 Å². The summed E-state index contributed by atoms with van der Waals surface area (Å²) in [5, 5.41) is 12.1. The second-order valence-electron chi connectivity index (χ2n) is 6.04. The number of aromatic nitrogens is 5. The normalized spacial score (nSPS) is 14.0. The molecule has 0 aliphatic heterocycles. The van der Waals surface area contributed by atoms with Gasteiger partial charge in [-0.2, -0.15) is 4.68 Å². The van der Waals surface area contributed by atoms with Crippen molar-refractivity contribution in [3.8, 4) is 0 Å². The van der Waals surface area contributed by atoms with E-state index in [0.29, 0.717) is 33.6 Å². The zero-order chi connectivity index (χ0) is 19.2. The Balaban J connectivity index is 0.00000102. The molecule has 0 amide bonds. The number of thioether (sulfide) groups is 1. The van der Waals surface area contributed by atoms with E-state index in [9.17, 15) is 4.79 Å². The largest absolute Gasteiger partial charge is 0.367 e. The maximum Gasteiger partial charge on any atom is 0.285 e. The van der Waals surface area contributed by atoms with E-state index in [0.717, 1.165) is 12.8 Å². The molecule has 2 heterocycles. The van der Waals surface area contributed by atoms with Crippen molar-refractivity contribution < 1.29 is 4.79 Å². The topological polar surface area (TPSA) is 85.6 Å². The van der Waals surface area contributed by atoms with Gasteiger partial charge in [0, 0.05) is 12.2 Å². The van der Waals surface area contributed by atoms with Crippen molar-refractivity contribution in [1.82, 2.24) is 25.0 Å². The second kappa shape index (κ2) is 8.94. The van der Waals surface area contributed by atoms with Gasteiger partial charge in [0.1, 0.15) is 16.9 Å². The Kier molecular flexibility index (Phi) is 6.39. The molecule has 1 aromatic carbocycles. The molecule has 8 heteroatoms. The number of para-hydroxylation sites is 1. The van der Waals surface area contributed by atoms with Gasteiger partial charge in [-0.3, -0.25) is 4.79 Å². The Hall–Kier alpha value is -2.48. The van der Waals surface area contributed by atoms with Crippen LogP contribution in [-0.4, -0.2) is 43.2 Å². The first-order valence-corrected chi connectivity index (χ1v) is 10.5. The van der Waals surface area contributed by atoms with Crippen molar-refractivity contribution in [2.24, 2.45) is 0 Å². The van der Waals surface area contributed by atoms with E-state index in [-0.39, 0.29) is 5.91 Å². The number of nitrogens with one attached hydrogen (secondary N) is 1. The van der Waals surface area contributed by atoms with Crippen LogP contribution < -0.4 is 5.32 Å². The lowest BCUT2D eigenvalue weighted by Gasteiger charge is -2.15. The quantitative estimate of drug-likeness (QED) is 0.537. The molecule has 1 aliphatic carbocycles. The number of anilines is 1. The molecule has 142 valence electrons. The van der Waals surface area contributed by atoms with Gasteiger partial charge in [0.2, 0.25) is 0 Å². The number of fused-ring (bicyclic) bond motifs is 1. The summed E-state index contributed by atoms with van der Waals surface area (Å²) < 4.78 is 1.31. The number of nitrogens with zero attached hydrogens (tertiary/aromatic N) is 5. The van der Waals surface area contributed by atoms with Gasteiger partial charge in [0.05, 0.1) is 5.52 Å². The first kappa shape index (κ1) is 19.3. The number of hydrogen-bond donors (Lipinski definition) is 1. The van der Waals surface area contributed by atoms with Crippen LogP contribution in [-0.2, 0) is 0 Å². The molecule has 0 spiro atoms. The van der Waals surface area contributed by atoms with Crippen LogP contribution in [0.4, 0.5) is 5.82 Å². The SMILES string of the molecule is CC.CSc1ncc(C(=O)n2nnc3ccccc32)c(NC2CCCC2)n1. The smallest absolute Gasteiger partial charge is 0.285 e. The average Bonchev–Trinajstić information content (AvgIpc) is 3.38. The second-order valence-corrected chi connectivity index (χ2v) is 6.81. The fourth-order valence-corrected chi connectivity index (χ4v) is 3.47. The van der Waals surface area contributed by atoms with E-state index in [1.807, 2.05) is 44.4 Å². The minimum absolute atomic E-state index is 0.276. The summed E-state index contributed by atoms with van der Waals surface area (Å²) in [5.74, 6) is 0.303. The van der Waals surface area contributed by atoms with Gasteiger partial charge in [0.15, 0.2) is 5.16 Å². The highest BCUT2D eigenvalue weighted by Crippen LogP contribution is 2.25. The van der Waals surface area contributed by atoms with Gasteiger partial charge >= 0.3 is 0 Å². The van der Waals surface area contributed by atoms with Crippen LogP contribution in [0.3, 0.4) is 0 Å². The molecule has 1 saturated carbocycles. The van der Waals surface area contributed by atoms with Crippen LogP contribution in [0.5, 0.6) is 0 Å². The Morgan fingerprint density at radius 3 is 2.70 bits per heavy atom. The Morgan fingerprint density at radius 2 is 1.96 bits per heavy atom. The molecular weight excluding hydrogens is 360 g/mol. The summed E-state index contributed by atoms with van der Waals surface area (Å²) in [6.07, 6.45) is 8.09. The van der Waals surface area contributed by atoms with E-state index in [4.69, 9.17) is 0 Å². The van der Waals surface area contributed by atoms with Crippen molar-refractivity contribution in [3.63, 3.8) is 0 Å². The lowest BCUT2D eigenvalue weighted by molar-refractivity contribution is 0.0948. The first-order valence-electron chi connectivity index (χ1n) is 9.29. The van der Waals surface area contributed by atoms with E-state index in [1.165, 1.54) is 29.3 Å². The molecule has 1 N–H and O–H groups in total. The highest BCUT2D eigenvalue weighted by atomic mass is 32.2. The third-order valence-corrected chi connectivity index (χ3v) is 4.98. The van der Waals surface area contributed by atoms with Crippen LogP contribution in [0.1, 0.15) is 49.9 Å². The predicted octanol–water partition coefficient (Wildman–Crippen LogP) is 4.01. The first-order chi connectivity index (χ1) is 13.3. The molecule has 1 fully saturated rings. The zero-order valence-electron chi connectivity index (χ0n) is 15.8. The van der Waals surface area contributed by atoms with E-state index < -0.39 is 0 Å². The highest BCUT2D eigenvalue weighted by Gasteiger charge is 2.23. The number of rotatable bonds is 4. The van der Waals surface area contributed by atoms with Gasteiger partial charge in [0.25, 0.3) is 5.91 Å². The molecule has 0 bridgehead atoms. The van der Waals surface area contributed by atoms with Crippen molar-refractivity contribution in [2.75, 3.05) is 11.6 Å². The Morgan fingerprint density at radius 1 is 1.22 bits per heavy atom. The lowest BCUT2D eigenvalue weighted by atomic mass is 10.2. The maximum atomic E-state index is 13.0. The van der Waals surface area contributed by atoms with Crippen LogP contribution in [0.25, 0.3) is 11.0 Å².